The van der Waals surface area contributed by atoms with Crippen LogP contribution in [0.2, 0.25) is 0 Å². The van der Waals surface area contributed by atoms with Gasteiger partial charge in [0.25, 0.3) is 0 Å². The van der Waals surface area contributed by atoms with Crippen LogP contribution in [0.25, 0.3) is 0 Å². The van der Waals surface area contributed by atoms with E-state index in [2.05, 4.69) is 16.0 Å². The molecule has 112 valence electrons. The van der Waals surface area contributed by atoms with Crippen LogP contribution in [-0.4, -0.2) is 30.2 Å². The molecule has 5 nitrogen and oxygen atoms in total. The van der Waals surface area contributed by atoms with E-state index < -0.39 is 0 Å². The molecule has 0 fully saturated rings. The highest BCUT2D eigenvalue weighted by Crippen LogP contribution is 2.18. The van der Waals surface area contributed by atoms with Crippen LogP contribution in [0.3, 0.4) is 0 Å². The lowest BCUT2D eigenvalue weighted by atomic mass is 10.2. The quantitative estimate of drug-likeness (QED) is 0.817. The van der Waals surface area contributed by atoms with Crippen molar-refractivity contribution in [2.75, 3.05) is 19.1 Å². The fraction of sp³-hybridized carbons (Fsp3) is 0.375. The van der Waals surface area contributed by atoms with Gasteiger partial charge in [-0.2, -0.15) is 4.98 Å². The van der Waals surface area contributed by atoms with Crippen molar-refractivity contribution >= 4 is 5.95 Å². The topological polar surface area (TPSA) is 47.5 Å². The fourth-order valence-electron chi connectivity index (χ4n) is 1.96. The second-order valence-corrected chi connectivity index (χ2v) is 5.07. The Morgan fingerprint density at radius 1 is 1.24 bits per heavy atom. The van der Waals surface area contributed by atoms with Crippen LogP contribution in [-0.2, 0) is 6.54 Å². The number of aromatic nitrogens is 2. The first-order valence-corrected chi connectivity index (χ1v) is 6.92. The number of anilines is 1. The lowest BCUT2D eigenvalue weighted by Gasteiger charge is -2.18. The van der Waals surface area contributed by atoms with Gasteiger partial charge in [-0.25, -0.2) is 4.98 Å². The number of methoxy groups -OCH3 is 1. The summed E-state index contributed by atoms with van der Waals surface area (Å²) in [5, 5.41) is 0. The summed E-state index contributed by atoms with van der Waals surface area (Å²) in [5.74, 6) is 2.07. The Kier molecular flexibility index (Phi) is 4.98. The van der Waals surface area contributed by atoms with E-state index in [4.69, 9.17) is 9.47 Å². The van der Waals surface area contributed by atoms with Crippen molar-refractivity contribution in [3.05, 3.63) is 42.1 Å². The summed E-state index contributed by atoms with van der Waals surface area (Å²) in [5.41, 5.74) is 1.14. The van der Waals surface area contributed by atoms with E-state index in [-0.39, 0.29) is 6.10 Å². The summed E-state index contributed by atoms with van der Waals surface area (Å²) in [6.07, 6.45) is 1.86. The first kappa shape index (κ1) is 15.1. The minimum atomic E-state index is 0.166. The first-order valence-electron chi connectivity index (χ1n) is 6.92. The van der Waals surface area contributed by atoms with Gasteiger partial charge < -0.3 is 14.4 Å². The monoisotopic (exact) mass is 287 g/mol. The van der Waals surface area contributed by atoms with Crippen LogP contribution in [0.5, 0.6) is 11.6 Å². The van der Waals surface area contributed by atoms with E-state index in [0.717, 1.165) is 11.3 Å². The van der Waals surface area contributed by atoms with Gasteiger partial charge in [0, 0.05) is 25.9 Å². The lowest BCUT2D eigenvalue weighted by molar-refractivity contribution is 0.242. The van der Waals surface area contributed by atoms with Gasteiger partial charge in [-0.3, -0.25) is 0 Å². The summed E-state index contributed by atoms with van der Waals surface area (Å²) < 4.78 is 10.8. The second-order valence-electron chi connectivity index (χ2n) is 5.07. The summed E-state index contributed by atoms with van der Waals surface area (Å²) in [4.78, 5) is 10.5. The molecule has 0 spiro atoms. The number of hydrogen-bond donors (Lipinski definition) is 0. The van der Waals surface area contributed by atoms with Gasteiger partial charge in [-0.05, 0) is 31.5 Å². The van der Waals surface area contributed by atoms with Gasteiger partial charge >= 0.3 is 0 Å². The van der Waals surface area contributed by atoms with E-state index in [1.165, 1.54) is 0 Å². The molecule has 2 aromatic rings. The van der Waals surface area contributed by atoms with Gasteiger partial charge in [0.2, 0.25) is 11.8 Å². The third-order valence-electron chi connectivity index (χ3n) is 2.86. The number of benzene rings is 1. The molecule has 1 heterocycles. The number of rotatable bonds is 6. The first-order chi connectivity index (χ1) is 10.1. The molecule has 0 aliphatic carbocycles. The Bertz CT molecular complexity index is 587. The summed E-state index contributed by atoms with van der Waals surface area (Å²) in [7, 11) is 3.55. The summed E-state index contributed by atoms with van der Waals surface area (Å²) in [6, 6.07) is 9.79. The van der Waals surface area contributed by atoms with Crippen molar-refractivity contribution in [2.24, 2.45) is 0 Å². The molecule has 0 aliphatic heterocycles. The lowest BCUT2D eigenvalue weighted by Crippen LogP contribution is -2.19. The Labute approximate surface area is 125 Å². The normalized spacial score (nSPS) is 10.5. The summed E-state index contributed by atoms with van der Waals surface area (Å²) in [6.45, 7) is 4.73. The zero-order chi connectivity index (χ0) is 15.2. The van der Waals surface area contributed by atoms with Crippen molar-refractivity contribution in [3.63, 3.8) is 0 Å². The second kappa shape index (κ2) is 6.92. The maximum atomic E-state index is 5.71. The minimum absolute atomic E-state index is 0.166. The van der Waals surface area contributed by atoms with E-state index in [0.29, 0.717) is 18.4 Å². The maximum absolute atomic E-state index is 5.71. The Balaban J connectivity index is 2.09. The molecule has 1 aromatic heterocycles. The van der Waals surface area contributed by atoms with Crippen molar-refractivity contribution in [3.8, 4) is 11.6 Å². The van der Waals surface area contributed by atoms with Gasteiger partial charge in [-0.1, -0.05) is 12.1 Å². The molecule has 0 radical (unpaired) electrons. The standard InChI is InChI=1S/C16H21N3O2/c1-12(2)21-14-7-5-6-13(10-14)11-19(3)16-17-9-8-15(18-16)20-4/h5-10,12H,11H2,1-4H3. The predicted octanol–water partition coefficient (Wildman–Crippen LogP) is 2.91. The molecule has 0 amide bonds. The highest BCUT2D eigenvalue weighted by molar-refractivity contribution is 5.35. The molecule has 0 aliphatic rings. The van der Waals surface area contributed by atoms with Crippen LogP contribution < -0.4 is 14.4 Å². The van der Waals surface area contributed by atoms with E-state index in [1.54, 1.807) is 19.4 Å². The highest BCUT2D eigenvalue weighted by atomic mass is 16.5. The maximum Gasteiger partial charge on any atom is 0.228 e. The molecule has 21 heavy (non-hydrogen) atoms. The van der Waals surface area contributed by atoms with E-state index in [9.17, 15) is 0 Å². The molecule has 1 aromatic carbocycles. The minimum Gasteiger partial charge on any atom is -0.491 e. The SMILES string of the molecule is COc1ccnc(N(C)Cc2cccc(OC(C)C)c2)n1. The molecule has 0 N–H and O–H groups in total. The van der Waals surface area contributed by atoms with Crippen molar-refractivity contribution < 1.29 is 9.47 Å². The molecule has 0 saturated heterocycles. The molecule has 0 saturated carbocycles. The summed E-state index contributed by atoms with van der Waals surface area (Å²) >= 11 is 0. The highest BCUT2D eigenvalue weighted by Gasteiger charge is 2.07. The number of hydrogen-bond acceptors (Lipinski definition) is 5. The molecule has 2 rings (SSSR count). The van der Waals surface area contributed by atoms with Crippen LogP contribution in [0, 0.1) is 0 Å². The zero-order valence-corrected chi connectivity index (χ0v) is 12.9. The van der Waals surface area contributed by atoms with Crippen molar-refractivity contribution in [1.82, 2.24) is 9.97 Å². The molecular formula is C16H21N3O2. The van der Waals surface area contributed by atoms with Crippen LogP contribution in [0.1, 0.15) is 19.4 Å². The molecular weight excluding hydrogens is 266 g/mol. The molecule has 0 unspecified atom stereocenters. The van der Waals surface area contributed by atoms with E-state index >= 15 is 0 Å². The molecule has 0 atom stereocenters. The van der Waals surface area contributed by atoms with Crippen LogP contribution in [0.15, 0.2) is 36.5 Å². The van der Waals surface area contributed by atoms with Gasteiger partial charge in [0.05, 0.1) is 13.2 Å². The van der Waals surface area contributed by atoms with Gasteiger partial charge in [-0.15, -0.1) is 0 Å². The van der Waals surface area contributed by atoms with Gasteiger partial charge in [0.15, 0.2) is 0 Å². The number of nitrogens with zero attached hydrogens (tertiary/aromatic N) is 3. The molecule has 5 heteroatoms. The van der Waals surface area contributed by atoms with E-state index in [1.807, 2.05) is 44.0 Å². The van der Waals surface area contributed by atoms with Crippen molar-refractivity contribution in [1.29, 1.82) is 0 Å². The fourth-order valence-corrected chi connectivity index (χ4v) is 1.96. The number of ether oxygens (including phenoxy) is 2. The van der Waals surface area contributed by atoms with Crippen LogP contribution >= 0.6 is 0 Å². The van der Waals surface area contributed by atoms with Crippen LogP contribution in [0.4, 0.5) is 5.95 Å². The molecule has 0 bridgehead atoms. The average Bonchev–Trinajstić information content (AvgIpc) is 2.47. The zero-order valence-electron chi connectivity index (χ0n) is 12.9. The smallest absolute Gasteiger partial charge is 0.228 e. The Morgan fingerprint density at radius 2 is 2.05 bits per heavy atom. The third-order valence-corrected chi connectivity index (χ3v) is 2.86. The average molecular weight is 287 g/mol. The van der Waals surface area contributed by atoms with Gasteiger partial charge in [0.1, 0.15) is 5.75 Å². The Hall–Kier alpha value is -2.30. The van der Waals surface area contributed by atoms with Crippen molar-refractivity contribution in [2.45, 2.75) is 26.5 Å². The Morgan fingerprint density at radius 3 is 2.76 bits per heavy atom. The third kappa shape index (κ3) is 4.34. The predicted molar refractivity (Wildman–Crippen MR) is 82.9 cm³/mol. The largest absolute Gasteiger partial charge is 0.491 e.